The van der Waals surface area contributed by atoms with Crippen molar-refractivity contribution in [1.82, 2.24) is 10.2 Å². The maximum atomic E-state index is 3.46. The zero-order valence-electron chi connectivity index (χ0n) is 12.9. The summed E-state index contributed by atoms with van der Waals surface area (Å²) in [7, 11) is 2.06. The summed E-state index contributed by atoms with van der Waals surface area (Å²) >= 11 is 0. The van der Waals surface area contributed by atoms with Gasteiger partial charge in [-0.2, -0.15) is 0 Å². The van der Waals surface area contributed by atoms with Crippen LogP contribution in [-0.4, -0.2) is 31.6 Å². The number of benzene rings is 2. The Hall–Kier alpha value is -1.38. The van der Waals surface area contributed by atoms with Gasteiger partial charge in [-0.15, -0.1) is 0 Å². The second kappa shape index (κ2) is 7.41. The monoisotopic (exact) mass is 270 g/mol. The van der Waals surface area contributed by atoms with Gasteiger partial charge in [-0.3, -0.25) is 0 Å². The molecule has 2 aromatic rings. The van der Waals surface area contributed by atoms with E-state index in [1.807, 2.05) is 0 Å². The smallest absolute Gasteiger partial charge is 0.0329 e. The fourth-order valence-corrected chi connectivity index (χ4v) is 2.75. The van der Waals surface area contributed by atoms with Gasteiger partial charge < -0.3 is 10.2 Å². The summed E-state index contributed by atoms with van der Waals surface area (Å²) in [5, 5.41) is 6.10. The average molecular weight is 270 g/mol. The molecule has 2 rings (SSSR count). The maximum absolute atomic E-state index is 3.46. The quantitative estimate of drug-likeness (QED) is 0.822. The number of nitrogens with one attached hydrogen (secondary N) is 1. The lowest BCUT2D eigenvalue weighted by atomic mass is 9.99. The highest BCUT2D eigenvalue weighted by Crippen LogP contribution is 2.22. The number of hydrogen-bond donors (Lipinski definition) is 1. The Morgan fingerprint density at radius 1 is 1.00 bits per heavy atom. The van der Waals surface area contributed by atoms with Gasteiger partial charge in [-0.25, -0.2) is 0 Å². The molecule has 0 radical (unpaired) electrons. The molecule has 0 amide bonds. The number of fused-ring (bicyclic) bond motifs is 1. The lowest BCUT2D eigenvalue weighted by Gasteiger charge is -2.23. The fourth-order valence-electron chi connectivity index (χ4n) is 2.75. The third-order valence-corrected chi connectivity index (χ3v) is 4.15. The van der Waals surface area contributed by atoms with Crippen molar-refractivity contribution in [2.45, 2.75) is 26.3 Å². The highest BCUT2D eigenvalue weighted by molar-refractivity contribution is 5.83. The number of nitrogens with zero attached hydrogens (tertiary/aromatic N) is 1. The van der Waals surface area contributed by atoms with Crippen molar-refractivity contribution < 1.29 is 0 Å². The molecule has 0 aliphatic rings. The minimum absolute atomic E-state index is 0.431. The molecule has 0 saturated carbocycles. The van der Waals surface area contributed by atoms with Crippen molar-refractivity contribution in [3.63, 3.8) is 0 Å². The van der Waals surface area contributed by atoms with E-state index < -0.39 is 0 Å². The maximum Gasteiger partial charge on any atom is 0.0329 e. The average Bonchev–Trinajstić information content (AvgIpc) is 2.51. The molecule has 2 nitrogen and oxygen atoms in total. The highest BCUT2D eigenvalue weighted by atomic mass is 15.1. The summed E-state index contributed by atoms with van der Waals surface area (Å²) in [6.45, 7) is 7.86. The predicted octanol–water partition coefficient (Wildman–Crippen LogP) is 3.83. The Morgan fingerprint density at radius 2 is 1.70 bits per heavy atom. The molecule has 0 aliphatic carbocycles. The first-order chi connectivity index (χ1) is 9.78. The van der Waals surface area contributed by atoms with E-state index in [4.69, 9.17) is 0 Å². The number of hydrogen-bond acceptors (Lipinski definition) is 2. The fraction of sp³-hybridized carbons (Fsp3) is 0.444. The normalized spacial score (nSPS) is 13.0. The first-order valence-electron chi connectivity index (χ1n) is 7.66. The first kappa shape index (κ1) is 15.0. The zero-order valence-corrected chi connectivity index (χ0v) is 12.9. The third kappa shape index (κ3) is 3.59. The summed E-state index contributed by atoms with van der Waals surface area (Å²) in [4.78, 5) is 2.48. The van der Waals surface area contributed by atoms with Gasteiger partial charge in [-0.05, 0) is 55.5 Å². The van der Waals surface area contributed by atoms with Crippen molar-refractivity contribution >= 4 is 10.8 Å². The van der Waals surface area contributed by atoms with Crippen LogP contribution in [0.2, 0.25) is 0 Å². The molecular weight excluding hydrogens is 244 g/mol. The van der Waals surface area contributed by atoms with Crippen LogP contribution in [0.15, 0.2) is 42.5 Å². The van der Waals surface area contributed by atoms with E-state index in [0.29, 0.717) is 6.04 Å². The van der Waals surface area contributed by atoms with Gasteiger partial charge in [0.25, 0.3) is 0 Å². The van der Waals surface area contributed by atoms with Crippen molar-refractivity contribution in [3.8, 4) is 0 Å². The lowest BCUT2D eigenvalue weighted by Crippen LogP contribution is -2.28. The molecule has 1 atom stereocenters. The van der Waals surface area contributed by atoms with Crippen LogP contribution in [0.5, 0.6) is 0 Å². The molecule has 0 aromatic heterocycles. The van der Waals surface area contributed by atoms with E-state index in [2.05, 4.69) is 73.6 Å². The Bertz CT molecular complexity index is 532. The topological polar surface area (TPSA) is 15.3 Å². The van der Waals surface area contributed by atoms with Crippen LogP contribution in [0.4, 0.5) is 0 Å². The Labute approximate surface area is 122 Å². The van der Waals surface area contributed by atoms with Crippen LogP contribution >= 0.6 is 0 Å². The Balaban J connectivity index is 2.12. The van der Waals surface area contributed by atoms with Crippen molar-refractivity contribution in [2.75, 3.05) is 26.7 Å². The van der Waals surface area contributed by atoms with Crippen LogP contribution in [0.3, 0.4) is 0 Å². The highest BCUT2D eigenvalue weighted by Gasteiger charge is 2.11. The molecule has 2 heteroatoms. The van der Waals surface area contributed by atoms with Crippen molar-refractivity contribution in [3.05, 3.63) is 48.0 Å². The zero-order chi connectivity index (χ0) is 14.4. The summed E-state index contributed by atoms with van der Waals surface area (Å²) in [6, 6.07) is 15.8. The van der Waals surface area contributed by atoms with E-state index in [1.54, 1.807) is 0 Å². The molecule has 0 saturated heterocycles. The summed E-state index contributed by atoms with van der Waals surface area (Å²) < 4.78 is 0. The molecule has 0 spiro atoms. The SMILES string of the molecule is CCN(CC)CCC(NC)c1ccc2ccccc2c1. The van der Waals surface area contributed by atoms with Gasteiger partial charge in [0.05, 0.1) is 0 Å². The van der Waals surface area contributed by atoms with E-state index in [-0.39, 0.29) is 0 Å². The van der Waals surface area contributed by atoms with Crippen LogP contribution in [0, 0.1) is 0 Å². The van der Waals surface area contributed by atoms with E-state index >= 15 is 0 Å². The molecule has 1 N–H and O–H groups in total. The molecule has 0 aliphatic heterocycles. The minimum atomic E-state index is 0.431. The van der Waals surface area contributed by atoms with Gasteiger partial charge in [-0.1, -0.05) is 50.2 Å². The molecule has 0 bridgehead atoms. The lowest BCUT2D eigenvalue weighted by molar-refractivity contribution is 0.284. The molecule has 1 unspecified atom stereocenters. The van der Waals surface area contributed by atoms with Gasteiger partial charge in [0, 0.05) is 6.04 Å². The Morgan fingerprint density at radius 3 is 2.35 bits per heavy atom. The van der Waals surface area contributed by atoms with Gasteiger partial charge >= 0.3 is 0 Å². The molecule has 0 fully saturated rings. The molecular formula is C18H26N2. The second-order valence-electron chi connectivity index (χ2n) is 5.26. The predicted molar refractivity (Wildman–Crippen MR) is 88.2 cm³/mol. The first-order valence-corrected chi connectivity index (χ1v) is 7.66. The van der Waals surface area contributed by atoms with Crippen LogP contribution in [-0.2, 0) is 0 Å². The standard InChI is InChI=1S/C18H26N2/c1-4-20(5-2)13-12-18(19-3)17-11-10-15-8-6-7-9-16(15)14-17/h6-11,14,18-19H,4-5,12-13H2,1-3H3. The largest absolute Gasteiger partial charge is 0.313 e. The van der Waals surface area contributed by atoms with E-state index in [9.17, 15) is 0 Å². The second-order valence-corrected chi connectivity index (χ2v) is 5.26. The molecule has 2 aromatic carbocycles. The summed E-state index contributed by atoms with van der Waals surface area (Å²) in [5.74, 6) is 0. The van der Waals surface area contributed by atoms with Crippen LogP contribution < -0.4 is 5.32 Å². The van der Waals surface area contributed by atoms with Gasteiger partial charge in [0.15, 0.2) is 0 Å². The third-order valence-electron chi connectivity index (χ3n) is 4.15. The van der Waals surface area contributed by atoms with Crippen molar-refractivity contribution in [1.29, 1.82) is 0 Å². The van der Waals surface area contributed by atoms with Gasteiger partial charge in [0.2, 0.25) is 0 Å². The summed E-state index contributed by atoms with van der Waals surface area (Å²) in [5.41, 5.74) is 1.39. The number of rotatable bonds is 7. The van der Waals surface area contributed by atoms with Crippen LogP contribution in [0.1, 0.15) is 31.9 Å². The van der Waals surface area contributed by atoms with Crippen LogP contribution in [0.25, 0.3) is 10.8 Å². The molecule has 20 heavy (non-hydrogen) atoms. The summed E-state index contributed by atoms with van der Waals surface area (Å²) in [6.07, 6.45) is 1.15. The minimum Gasteiger partial charge on any atom is -0.313 e. The molecule has 0 heterocycles. The Kier molecular flexibility index (Phi) is 5.57. The van der Waals surface area contributed by atoms with E-state index in [1.165, 1.54) is 16.3 Å². The molecule has 108 valence electrons. The van der Waals surface area contributed by atoms with Gasteiger partial charge in [0.1, 0.15) is 0 Å². The van der Waals surface area contributed by atoms with Crippen molar-refractivity contribution in [2.24, 2.45) is 0 Å². The van der Waals surface area contributed by atoms with E-state index in [0.717, 1.165) is 26.1 Å².